The van der Waals surface area contributed by atoms with Gasteiger partial charge in [-0.1, -0.05) is 30.7 Å². The van der Waals surface area contributed by atoms with Crippen LogP contribution in [0.3, 0.4) is 0 Å². The van der Waals surface area contributed by atoms with Gasteiger partial charge in [-0.25, -0.2) is 9.37 Å². The summed E-state index contributed by atoms with van der Waals surface area (Å²) in [4.78, 5) is 10.1. The van der Waals surface area contributed by atoms with E-state index in [1.165, 1.54) is 57.3 Å². The van der Waals surface area contributed by atoms with E-state index >= 15 is 0 Å². The molecule has 0 aliphatic carbocycles. The number of anilines is 1. The third-order valence-electron chi connectivity index (χ3n) is 6.54. The fourth-order valence-electron chi connectivity index (χ4n) is 4.95. The van der Waals surface area contributed by atoms with E-state index in [0.717, 1.165) is 41.7 Å². The molecule has 152 valence electrons. The number of rotatable bonds is 4. The molecule has 2 saturated heterocycles. The highest BCUT2D eigenvalue weighted by Gasteiger charge is 2.28. The van der Waals surface area contributed by atoms with Crippen molar-refractivity contribution in [2.75, 3.05) is 31.1 Å². The van der Waals surface area contributed by atoms with Crippen molar-refractivity contribution in [3.05, 3.63) is 59.9 Å². The number of piperidine rings is 2. The van der Waals surface area contributed by atoms with E-state index in [0.29, 0.717) is 6.54 Å². The summed E-state index contributed by atoms with van der Waals surface area (Å²) in [6, 6.07) is 15.9. The zero-order valence-corrected chi connectivity index (χ0v) is 16.9. The average Bonchev–Trinajstić information content (AvgIpc) is 3.14. The minimum absolute atomic E-state index is 0.191. The molecule has 0 atom stereocenters. The Morgan fingerprint density at radius 1 is 0.862 bits per heavy atom. The number of nitrogens with zero attached hydrogens (tertiary/aromatic N) is 4. The molecule has 2 aromatic carbocycles. The molecule has 0 amide bonds. The molecule has 0 spiro atoms. The van der Waals surface area contributed by atoms with Crippen LogP contribution in [0.2, 0.25) is 0 Å². The van der Waals surface area contributed by atoms with Gasteiger partial charge in [-0.3, -0.25) is 0 Å². The van der Waals surface area contributed by atoms with Crippen molar-refractivity contribution in [1.29, 1.82) is 0 Å². The molecular weight excluding hydrogens is 363 g/mol. The Bertz CT molecular complexity index is 951. The number of halogens is 1. The summed E-state index contributed by atoms with van der Waals surface area (Å²) in [6.07, 6.45) is 6.52. The van der Waals surface area contributed by atoms with Crippen LogP contribution in [0.25, 0.3) is 11.0 Å². The SMILES string of the molecule is Fc1ccc(Cn2c(N3CCC(N4CCCCC4)CC3)nc3ccccc32)cc1. The molecule has 5 heteroatoms. The number of para-hydroxylation sites is 2. The molecule has 2 aliphatic rings. The minimum atomic E-state index is -0.191. The highest BCUT2D eigenvalue weighted by molar-refractivity contribution is 5.79. The second-order valence-corrected chi connectivity index (χ2v) is 8.43. The van der Waals surface area contributed by atoms with Crippen LogP contribution in [0.4, 0.5) is 10.3 Å². The van der Waals surface area contributed by atoms with Crippen LogP contribution >= 0.6 is 0 Å². The van der Waals surface area contributed by atoms with Gasteiger partial charge in [-0.05, 0) is 68.6 Å². The summed E-state index contributed by atoms with van der Waals surface area (Å²) in [5.41, 5.74) is 3.27. The van der Waals surface area contributed by atoms with Crippen LogP contribution in [-0.2, 0) is 6.54 Å². The lowest BCUT2D eigenvalue weighted by molar-refractivity contribution is 0.141. The molecule has 5 rings (SSSR count). The molecule has 2 aliphatic heterocycles. The summed E-state index contributed by atoms with van der Waals surface area (Å²) in [7, 11) is 0. The molecule has 2 fully saturated rings. The smallest absolute Gasteiger partial charge is 0.206 e. The van der Waals surface area contributed by atoms with E-state index in [-0.39, 0.29) is 5.82 Å². The van der Waals surface area contributed by atoms with Crippen LogP contribution in [0.15, 0.2) is 48.5 Å². The van der Waals surface area contributed by atoms with Crippen molar-refractivity contribution in [2.45, 2.75) is 44.7 Å². The van der Waals surface area contributed by atoms with Gasteiger partial charge in [-0.15, -0.1) is 0 Å². The first-order valence-corrected chi connectivity index (χ1v) is 11.0. The Morgan fingerprint density at radius 2 is 1.59 bits per heavy atom. The third kappa shape index (κ3) is 3.88. The topological polar surface area (TPSA) is 24.3 Å². The highest BCUT2D eigenvalue weighted by Crippen LogP contribution is 2.28. The fraction of sp³-hybridized carbons (Fsp3) is 0.458. The summed E-state index contributed by atoms with van der Waals surface area (Å²) < 4.78 is 15.6. The zero-order chi connectivity index (χ0) is 19.6. The van der Waals surface area contributed by atoms with Crippen molar-refractivity contribution in [2.24, 2.45) is 0 Å². The largest absolute Gasteiger partial charge is 0.342 e. The summed E-state index contributed by atoms with van der Waals surface area (Å²) in [5.74, 6) is 0.858. The number of hydrogen-bond acceptors (Lipinski definition) is 3. The molecule has 1 aromatic heterocycles. The number of likely N-dealkylation sites (tertiary alicyclic amines) is 1. The Morgan fingerprint density at radius 3 is 2.34 bits per heavy atom. The van der Waals surface area contributed by atoms with Gasteiger partial charge in [0.25, 0.3) is 0 Å². The zero-order valence-electron chi connectivity index (χ0n) is 16.9. The van der Waals surface area contributed by atoms with Gasteiger partial charge in [0.15, 0.2) is 0 Å². The molecular formula is C24H29FN4. The van der Waals surface area contributed by atoms with Gasteiger partial charge in [0.05, 0.1) is 17.6 Å². The predicted octanol–water partition coefficient (Wildman–Crippen LogP) is 4.68. The lowest BCUT2D eigenvalue weighted by Crippen LogP contribution is -2.47. The van der Waals surface area contributed by atoms with Crippen LogP contribution < -0.4 is 4.90 Å². The summed E-state index contributed by atoms with van der Waals surface area (Å²) in [6.45, 7) is 5.35. The second kappa shape index (κ2) is 8.15. The fourth-order valence-corrected chi connectivity index (χ4v) is 4.95. The number of hydrogen-bond donors (Lipinski definition) is 0. The number of imidazole rings is 1. The van der Waals surface area contributed by atoms with Crippen molar-refractivity contribution in [3.63, 3.8) is 0 Å². The van der Waals surface area contributed by atoms with Gasteiger partial charge in [-0.2, -0.15) is 0 Å². The Balaban J connectivity index is 1.39. The van der Waals surface area contributed by atoms with Gasteiger partial charge in [0, 0.05) is 19.1 Å². The van der Waals surface area contributed by atoms with E-state index in [2.05, 4.69) is 32.6 Å². The van der Waals surface area contributed by atoms with Gasteiger partial charge < -0.3 is 14.4 Å². The van der Waals surface area contributed by atoms with Gasteiger partial charge in [0.2, 0.25) is 5.95 Å². The highest BCUT2D eigenvalue weighted by atomic mass is 19.1. The Labute approximate surface area is 171 Å². The minimum Gasteiger partial charge on any atom is -0.342 e. The number of aromatic nitrogens is 2. The first kappa shape index (κ1) is 18.6. The van der Waals surface area contributed by atoms with E-state index in [9.17, 15) is 4.39 Å². The van der Waals surface area contributed by atoms with E-state index < -0.39 is 0 Å². The molecule has 0 saturated carbocycles. The van der Waals surface area contributed by atoms with E-state index in [1.807, 2.05) is 18.2 Å². The Kier molecular flexibility index (Phi) is 5.23. The molecule has 0 radical (unpaired) electrons. The van der Waals surface area contributed by atoms with Crippen LogP contribution in [-0.4, -0.2) is 46.7 Å². The van der Waals surface area contributed by atoms with Crippen molar-refractivity contribution in [3.8, 4) is 0 Å². The molecule has 0 unspecified atom stereocenters. The molecule has 0 bridgehead atoms. The van der Waals surface area contributed by atoms with Crippen molar-refractivity contribution >= 4 is 17.0 Å². The second-order valence-electron chi connectivity index (χ2n) is 8.43. The average molecular weight is 393 g/mol. The lowest BCUT2D eigenvalue weighted by Gasteiger charge is -2.40. The normalized spacial score (nSPS) is 19.1. The lowest BCUT2D eigenvalue weighted by atomic mass is 10.00. The predicted molar refractivity (Wildman–Crippen MR) is 116 cm³/mol. The monoisotopic (exact) mass is 392 g/mol. The Hall–Kier alpha value is -2.40. The third-order valence-corrected chi connectivity index (χ3v) is 6.54. The van der Waals surface area contributed by atoms with Crippen molar-refractivity contribution in [1.82, 2.24) is 14.5 Å². The van der Waals surface area contributed by atoms with Crippen LogP contribution in [0, 0.1) is 5.82 Å². The molecule has 3 heterocycles. The molecule has 29 heavy (non-hydrogen) atoms. The molecule has 3 aromatic rings. The number of benzene rings is 2. The molecule has 0 N–H and O–H groups in total. The van der Waals surface area contributed by atoms with Crippen LogP contribution in [0.5, 0.6) is 0 Å². The van der Waals surface area contributed by atoms with Crippen LogP contribution in [0.1, 0.15) is 37.7 Å². The standard InChI is InChI=1S/C24H29FN4/c25-20-10-8-19(9-11-20)18-29-23-7-3-2-6-22(23)26-24(29)28-16-12-21(13-17-28)27-14-4-1-5-15-27/h2-3,6-11,21H,1,4-5,12-18H2. The maximum Gasteiger partial charge on any atom is 0.206 e. The quantitative estimate of drug-likeness (QED) is 0.644. The maximum atomic E-state index is 13.3. The first-order chi connectivity index (χ1) is 14.3. The summed E-state index contributed by atoms with van der Waals surface area (Å²) in [5, 5.41) is 0. The first-order valence-electron chi connectivity index (χ1n) is 11.0. The van der Waals surface area contributed by atoms with Crippen molar-refractivity contribution < 1.29 is 4.39 Å². The summed E-state index contributed by atoms with van der Waals surface area (Å²) >= 11 is 0. The maximum absolute atomic E-state index is 13.3. The number of fused-ring (bicyclic) bond motifs is 1. The molecule has 4 nitrogen and oxygen atoms in total. The van der Waals surface area contributed by atoms with Gasteiger partial charge in [0.1, 0.15) is 5.82 Å². The van der Waals surface area contributed by atoms with E-state index in [1.54, 1.807) is 0 Å². The van der Waals surface area contributed by atoms with E-state index in [4.69, 9.17) is 4.98 Å². The van der Waals surface area contributed by atoms with Gasteiger partial charge >= 0.3 is 0 Å².